The monoisotopic (exact) mass is 420 g/mol. The number of H-pyrrole nitrogens is 1. The van der Waals surface area contributed by atoms with E-state index in [9.17, 15) is 9.59 Å². The fourth-order valence-corrected chi connectivity index (χ4v) is 3.88. The molecule has 0 radical (unpaired) electrons. The van der Waals surface area contributed by atoms with E-state index in [1.165, 1.54) is 0 Å². The summed E-state index contributed by atoms with van der Waals surface area (Å²) >= 11 is 0. The zero-order valence-corrected chi connectivity index (χ0v) is 18.0. The van der Waals surface area contributed by atoms with Gasteiger partial charge in [-0.3, -0.25) is 19.5 Å². The lowest BCUT2D eigenvalue weighted by molar-refractivity contribution is 0.0624. The molecule has 4 rings (SSSR count). The Morgan fingerprint density at radius 1 is 1.10 bits per heavy atom. The number of hydrogen-bond donors (Lipinski definition) is 1. The van der Waals surface area contributed by atoms with Gasteiger partial charge in [-0.25, -0.2) is 5.10 Å². The zero-order chi connectivity index (χ0) is 21.8. The van der Waals surface area contributed by atoms with Crippen LogP contribution in [0.4, 0.5) is 0 Å². The van der Waals surface area contributed by atoms with E-state index in [2.05, 4.69) is 39.1 Å². The summed E-state index contributed by atoms with van der Waals surface area (Å²) in [6.07, 6.45) is 2.18. The molecule has 0 atom stereocenters. The van der Waals surface area contributed by atoms with E-state index in [-0.39, 0.29) is 11.5 Å². The molecule has 162 valence electrons. The Morgan fingerprint density at radius 2 is 1.84 bits per heavy atom. The maximum atomic E-state index is 13.0. The first kappa shape index (κ1) is 21.1. The zero-order valence-electron chi connectivity index (χ0n) is 18.0. The van der Waals surface area contributed by atoms with E-state index in [1.54, 1.807) is 12.3 Å². The highest BCUT2D eigenvalue weighted by Crippen LogP contribution is 2.17. The predicted molar refractivity (Wildman–Crippen MR) is 120 cm³/mol. The molecule has 0 unspecified atom stereocenters. The fourth-order valence-electron chi connectivity index (χ4n) is 3.88. The summed E-state index contributed by atoms with van der Waals surface area (Å²) < 4.78 is 0. The van der Waals surface area contributed by atoms with Crippen LogP contribution in [0.2, 0.25) is 0 Å². The van der Waals surface area contributed by atoms with Gasteiger partial charge in [0.25, 0.3) is 11.5 Å². The van der Waals surface area contributed by atoms with Crippen molar-refractivity contribution in [1.29, 1.82) is 0 Å². The van der Waals surface area contributed by atoms with Crippen molar-refractivity contribution >= 4 is 16.7 Å². The van der Waals surface area contributed by atoms with Gasteiger partial charge in [-0.2, -0.15) is 5.10 Å². The summed E-state index contributed by atoms with van der Waals surface area (Å²) in [6.45, 7) is 5.22. The lowest BCUT2D eigenvalue weighted by Gasteiger charge is -2.35. The smallest absolute Gasteiger partial charge is 0.272 e. The van der Waals surface area contributed by atoms with Crippen molar-refractivity contribution in [2.75, 3.05) is 53.4 Å². The Kier molecular flexibility index (Phi) is 6.39. The van der Waals surface area contributed by atoms with E-state index in [4.69, 9.17) is 0 Å². The van der Waals surface area contributed by atoms with Crippen LogP contribution >= 0.6 is 0 Å². The van der Waals surface area contributed by atoms with Crippen molar-refractivity contribution in [1.82, 2.24) is 29.9 Å². The molecule has 1 fully saturated rings. The second kappa shape index (κ2) is 9.36. The SMILES string of the molecule is CN(C)CCN1CCN(C(=O)c2cc(Cc3n[nH]c(=O)c4ccccc34)ccn2)CC1. The number of aromatic nitrogens is 3. The molecular weight excluding hydrogens is 392 g/mol. The van der Waals surface area contributed by atoms with Gasteiger partial charge in [-0.05, 0) is 37.9 Å². The third-order valence-corrected chi connectivity index (χ3v) is 5.71. The fraction of sp³-hybridized carbons (Fsp3) is 0.391. The van der Waals surface area contributed by atoms with Gasteiger partial charge in [0.1, 0.15) is 5.69 Å². The number of benzene rings is 1. The largest absolute Gasteiger partial charge is 0.335 e. The minimum Gasteiger partial charge on any atom is -0.335 e. The topological polar surface area (TPSA) is 85.4 Å². The number of pyridine rings is 1. The Morgan fingerprint density at radius 3 is 2.58 bits per heavy atom. The van der Waals surface area contributed by atoms with Crippen molar-refractivity contribution in [3.8, 4) is 0 Å². The highest BCUT2D eigenvalue weighted by molar-refractivity contribution is 5.92. The standard InChI is InChI=1S/C23H28N6O2/c1-27(2)9-10-28-11-13-29(14-12-28)23(31)21-16-17(7-8-24-21)15-20-18-5-3-4-6-19(18)22(30)26-25-20/h3-8,16H,9-15H2,1-2H3,(H,26,30). The number of piperazine rings is 1. The molecule has 1 amide bonds. The van der Waals surface area contributed by atoms with Crippen LogP contribution in [0.5, 0.6) is 0 Å². The third-order valence-electron chi connectivity index (χ3n) is 5.71. The molecule has 8 heteroatoms. The van der Waals surface area contributed by atoms with Crippen LogP contribution in [0.1, 0.15) is 21.7 Å². The van der Waals surface area contributed by atoms with Crippen molar-refractivity contribution in [2.24, 2.45) is 0 Å². The summed E-state index contributed by atoms with van der Waals surface area (Å²) in [7, 11) is 4.15. The first-order chi connectivity index (χ1) is 15.0. The minimum absolute atomic E-state index is 0.0339. The second-order valence-corrected chi connectivity index (χ2v) is 8.21. The number of nitrogens with zero attached hydrogens (tertiary/aromatic N) is 5. The summed E-state index contributed by atoms with van der Waals surface area (Å²) in [5, 5.41) is 8.25. The molecule has 0 saturated carbocycles. The van der Waals surface area contributed by atoms with Crippen LogP contribution in [0.3, 0.4) is 0 Å². The van der Waals surface area contributed by atoms with Gasteiger partial charge >= 0.3 is 0 Å². The molecule has 1 saturated heterocycles. The predicted octanol–water partition coefficient (Wildman–Crippen LogP) is 1.23. The number of likely N-dealkylation sites (N-methyl/N-ethyl adjacent to an activating group) is 1. The van der Waals surface area contributed by atoms with Crippen LogP contribution in [0.15, 0.2) is 47.4 Å². The van der Waals surface area contributed by atoms with Gasteiger partial charge in [0, 0.05) is 57.3 Å². The summed E-state index contributed by atoms with van der Waals surface area (Å²) in [6, 6.07) is 11.1. The number of fused-ring (bicyclic) bond motifs is 1. The number of carbonyl (C=O) groups is 1. The summed E-state index contributed by atoms with van der Waals surface area (Å²) in [5.41, 5.74) is 1.96. The lowest BCUT2D eigenvalue weighted by Crippen LogP contribution is -2.50. The van der Waals surface area contributed by atoms with E-state index >= 15 is 0 Å². The van der Waals surface area contributed by atoms with Crippen molar-refractivity contribution in [2.45, 2.75) is 6.42 Å². The van der Waals surface area contributed by atoms with Gasteiger partial charge in [-0.15, -0.1) is 0 Å². The highest BCUT2D eigenvalue weighted by Gasteiger charge is 2.23. The molecule has 8 nitrogen and oxygen atoms in total. The molecule has 2 aromatic heterocycles. The van der Waals surface area contributed by atoms with E-state index in [0.717, 1.165) is 42.8 Å². The summed E-state index contributed by atoms with van der Waals surface area (Å²) in [5.74, 6) is -0.0339. The molecule has 1 aromatic carbocycles. The van der Waals surface area contributed by atoms with Gasteiger partial charge in [0.15, 0.2) is 0 Å². The van der Waals surface area contributed by atoms with Gasteiger partial charge in [-0.1, -0.05) is 18.2 Å². The molecular formula is C23H28N6O2. The molecule has 1 aliphatic rings. The average Bonchev–Trinajstić information content (AvgIpc) is 2.80. The third kappa shape index (κ3) is 4.98. The van der Waals surface area contributed by atoms with Gasteiger partial charge in [0.05, 0.1) is 11.1 Å². The Labute approximate surface area is 181 Å². The highest BCUT2D eigenvalue weighted by atomic mass is 16.2. The van der Waals surface area contributed by atoms with Crippen molar-refractivity contribution in [3.63, 3.8) is 0 Å². The van der Waals surface area contributed by atoms with Crippen molar-refractivity contribution in [3.05, 3.63) is 69.9 Å². The normalized spacial score (nSPS) is 15.0. The van der Waals surface area contributed by atoms with Crippen LogP contribution in [0, 0.1) is 0 Å². The van der Waals surface area contributed by atoms with Gasteiger partial charge < -0.3 is 9.80 Å². The number of hydrogen-bond acceptors (Lipinski definition) is 6. The molecule has 3 aromatic rings. The Hall–Kier alpha value is -3.10. The average molecular weight is 421 g/mol. The molecule has 1 N–H and O–H groups in total. The lowest BCUT2D eigenvalue weighted by atomic mass is 10.0. The van der Waals surface area contributed by atoms with E-state index in [0.29, 0.717) is 30.6 Å². The molecule has 1 aliphatic heterocycles. The summed E-state index contributed by atoms with van der Waals surface area (Å²) in [4.78, 5) is 35.8. The van der Waals surface area contributed by atoms with Crippen LogP contribution in [-0.4, -0.2) is 89.2 Å². The first-order valence-electron chi connectivity index (χ1n) is 10.6. The second-order valence-electron chi connectivity index (χ2n) is 8.21. The maximum Gasteiger partial charge on any atom is 0.272 e. The van der Waals surface area contributed by atoms with Crippen LogP contribution in [-0.2, 0) is 6.42 Å². The number of rotatable bonds is 6. The number of carbonyl (C=O) groups excluding carboxylic acids is 1. The van der Waals surface area contributed by atoms with E-state index < -0.39 is 0 Å². The van der Waals surface area contributed by atoms with Crippen LogP contribution < -0.4 is 5.56 Å². The number of nitrogens with one attached hydrogen (secondary N) is 1. The Bertz CT molecular complexity index is 1120. The molecule has 3 heterocycles. The maximum absolute atomic E-state index is 13.0. The van der Waals surface area contributed by atoms with Gasteiger partial charge in [0.2, 0.25) is 0 Å². The molecule has 0 aliphatic carbocycles. The van der Waals surface area contributed by atoms with Crippen LogP contribution in [0.25, 0.3) is 10.8 Å². The minimum atomic E-state index is -0.199. The van der Waals surface area contributed by atoms with Crippen molar-refractivity contribution < 1.29 is 4.79 Å². The molecule has 31 heavy (non-hydrogen) atoms. The Balaban J connectivity index is 1.45. The number of amides is 1. The molecule has 0 bridgehead atoms. The number of aromatic amines is 1. The first-order valence-corrected chi connectivity index (χ1v) is 10.6. The quantitative estimate of drug-likeness (QED) is 0.646. The molecule has 0 spiro atoms. The van der Waals surface area contributed by atoms with E-state index in [1.807, 2.05) is 35.2 Å².